The fourth-order valence-corrected chi connectivity index (χ4v) is 2.95. The molecule has 2 aromatic heterocycles. The van der Waals surface area contributed by atoms with Gasteiger partial charge in [-0.1, -0.05) is 24.3 Å². The Morgan fingerprint density at radius 1 is 1.12 bits per heavy atom. The van der Waals surface area contributed by atoms with E-state index in [0.717, 1.165) is 5.56 Å². The summed E-state index contributed by atoms with van der Waals surface area (Å²) in [5, 5.41) is 19.4. The molecule has 0 aliphatic rings. The molecule has 2 aromatic carbocycles. The van der Waals surface area contributed by atoms with Gasteiger partial charge in [-0.3, -0.25) is 10.3 Å². The summed E-state index contributed by atoms with van der Waals surface area (Å²) >= 11 is 0. The topological polar surface area (TPSA) is 117 Å². The van der Waals surface area contributed by atoms with Crippen LogP contribution in [0.2, 0.25) is 0 Å². The molecule has 160 valence electrons. The van der Waals surface area contributed by atoms with E-state index in [-0.39, 0.29) is 0 Å². The number of nitriles is 1. The second-order valence-electron chi connectivity index (χ2n) is 8.00. The van der Waals surface area contributed by atoms with Crippen LogP contribution in [0.15, 0.2) is 60.9 Å². The van der Waals surface area contributed by atoms with Crippen LogP contribution in [-0.2, 0) is 4.74 Å². The number of carbonyl (C=O) groups is 1. The molecule has 0 saturated carbocycles. The Morgan fingerprint density at radius 2 is 1.88 bits per heavy atom. The first-order chi connectivity index (χ1) is 15.3. The first-order valence-electron chi connectivity index (χ1n) is 9.90. The molecule has 4 aromatic rings. The van der Waals surface area contributed by atoms with E-state index < -0.39 is 11.7 Å². The van der Waals surface area contributed by atoms with E-state index >= 15 is 0 Å². The molecule has 2 N–H and O–H groups in total. The lowest BCUT2D eigenvalue weighted by Gasteiger charge is -2.19. The summed E-state index contributed by atoms with van der Waals surface area (Å²) in [6.07, 6.45) is 2.88. The van der Waals surface area contributed by atoms with E-state index in [1.165, 1.54) is 0 Å². The average Bonchev–Trinajstić information content (AvgIpc) is 3.15. The Kier molecular flexibility index (Phi) is 5.43. The van der Waals surface area contributed by atoms with Gasteiger partial charge in [0.2, 0.25) is 5.95 Å². The van der Waals surface area contributed by atoms with E-state index in [4.69, 9.17) is 4.74 Å². The van der Waals surface area contributed by atoms with Crippen molar-refractivity contribution in [3.05, 3.63) is 66.5 Å². The highest BCUT2D eigenvalue weighted by molar-refractivity contribution is 5.85. The predicted molar refractivity (Wildman–Crippen MR) is 121 cm³/mol. The molecule has 2 heterocycles. The van der Waals surface area contributed by atoms with E-state index in [0.29, 0.717) is 34.2 Å². The highest BCUT2D eigenvalue weighted by Gasteiger charge is 2.16. The van der Waals surface area contributed by atoms with Gasteiger partial charge in [-0.05, 0) is 45.0 Å². The van der Waals surface area contributed by atoms with E-state index in [1.807, 2.05) is 39.0 Å². The van der Waals surface area contributed by atoms with E-state index in [1.54, 1.807) is 47.2 Å². The lowest BCUT2D eigenvalue weighted by atomic mass is 10.1. The molecule has 9 heteroatoms. The van der Waals surface area contributed by atoms with Crippen molar-refractivity contribution in [2.75, 3.05) is 10.6 Å². The van der Waals surface area contributed by atoms with Crippen molar-refractivity contribution in [1.29, 1.82) is 5.26 Å². The van der Waals surface area contributed by atoms with Gasteiger partial charge in [0.05, 0.1) is 29.3 Å². The second kappa shape index (κ2) is 8.35. The van der Waals surface area contributed by atoms with Crippen LogP contribution in [0, 0.1) is 11.3 Å². The highest BCUT2D eigenvalue weighted by Crippen LogP contribution is 2.22. The third kappa shape index (κ3) is 4.82. The number of benzene rings is 2. The molecule has 32 heavy (non-hydrogen) atoms. The van der Waals surface area contributed by atoms with Gasteiger partial charge < -0.3 is 10.1 Å². The van der Waals surface area contributed by atoms with Gasteiger partial charge in [0.15, 0.2) is 5.65 Å². The van der Waals surface area contributed by atoms with E-state index in [9.17, 15) is 10.1 Å². The van der Waals surface area contributed by atoms with Crippen LogP contribution >= 0.6 is 0 Å². The second-order valence-corrected chi connectivity index (χ2v) is 8.00. The smallest absolute Gasteiger partial charge is 0.412 e. The standard InChI is InChI=1S/C23H21N7O2/c1-23(2,3)32-22(31)26-17-10-8-15(9-11-17)19-14-30-20(13-25-19)28-21(29-30)27-18-7-5-4-6-16(18)12-24/h4-11,13-14H,1-3H3,(H,26,31)(H,27,29). The Hall–Kier alpha value is -4.45. The summed E-state index contributed by atoms with van der Waals surface area (Å²) in [4.78, 5) is 20.8. The molecule has 0 spiro atoms. The van der Waals surface area contributed by atoms with Crippen LogP contribution in [0.3, 0.4) is 0 Å². The number of carbonyl (C=O) groups excluding carboxylic acids is 1. The molecule has 0 fully saturated rings. The van der Waals surface area contributed by atoms with Gasteiger partial charge in [-0.15, -0.1) is 5.10 Å². The molecular weight excluding hydrogens is 406 g/mol. The molecule has 0 aliphatic carbocycles. The van der Waals surface area contributed by atoms with Crippen LogP contribution in [0.4, 0.5) is 22.1 Å². The summed E-state index contributed by atoms with van der Waals surface area (Å²) in [5.74, 6) is 0.364. The number of hydrogen-bond donors (Lipinski definition) is 2. The maximum Gasteiger partial charge on any atom is 0.412 e. The Morgan fingerprint density at radius 3 is 2.59 bits per heavy atom. The van der Waals surface area contributed by atoms with Crippen LogP contribution < -0.4 is 10.6 Å². The number of nitrogens with one attached hydrogen (secondary N) is 2. The fourth-order valence-electron chi connectivity index (χ4n) is 2.95. The zero-order chi connectivity index (χ0) is 22.7. The molecule has 0 unspecified atom stereocenters. The number of aromatic nitrogens is 4. The van der Waals surface area contributed by atoms with Crippen molar-refractivity contribution >= 4 is 29.1 Å². The molecule has 0 saturated heterocycles. The third-order valence-electron chi connectivity index (χ3n) is 4.34. The number of para-hydroxylation sites is 1. The summed E-state index contributed by atoms with van der Waals surface area (Å²) in [6.45, 7) is 5.43. The Labute approximate surface area is 184 Å². The largest absolute Gasteiger partial charge is 0.444 e. The van der Waals surface area contributed by atoms with Gasteiger partial charge in [0, 0.05) is 11.3 Å². The van der Waals surface area contributed by atoms with Gasteiger partial charge >= 0.3 is 6.09 Å². The monoisotopic (exact) mass is 427 g/mol. The number of fused-ring (bicyclic) bond motifs is 1. The third-order valence-corrected chi connectivity index (χ3v) is 4.34. The molecule has 4 rings (SSSR count). The van der Waals surface area contributed by atoms with Crippen molar-refractivity contribution in [3.63, 3.8) is 0 Å². The zero-order valence-electron chi connectivity index (χ0n) is 17.8. The molecule has 1 amide bonds. The van der Waals surface area contributed by atoms with Crippen LogP contribution in [-0.4, -0.2) is 31.3 Å². The lowest BCUT2D eigenvalue weighted by molar-refractivity contribution is 0.0636. The molecule has 0 aliphatic heterocycles. The fraction of sp³-hybridized carbons (Fsp3) is 0.174. The molecule has 0 atom stereocenters. The van der Waals surface area contributed by atoms with Gasteiger partial charge in [-0.25, -0.2) is 9.31 Å². The Balaban J connectivity index is 1.51. The normalized spacial score (nSPS) is 11.1. The highest BCUT2D eigenvalue weighted by atomic mass is 16.6. The lowest BCUT2D eigenvalue weighted by Crippen LogP contribution is -2.27. The summed E-state index contributed by atoms with van der Waals surface area (Å²) in [7, 11) is 0. The van der Waals surface area contributed by atoms with Crippen molar-refractivity contribution in [2.45, 2.75) is 26.4 Å². The number of rotatable bonds is 4. The molecule has 0 bridgehead atoms. The average molecular weight is 427 g/mol. The number of ether oxygens (including phenoxy) is 1. The first-order valence-corrected chi connectivity index (χ1v) is 9.90. The minimum absolute atomic E-state index is 0.364. The number of nitrogens with zero attached hydrogens (tertiary/aromatic N) is 5. The maximum atomic E-state index is 11.9. The van der Waals surface area contributed by atoms with Crippen molar-refractivity contribution in [2.24, 2.45) is 0 Å². The van der Waals surface area contributed by atoms with Gasteiger partial charge in [0.25, 0.3) is 0 Å². The first kappa shape index (κ1) is 20.8. The summed E-state index contributed by atoms with van der Waals surface area (Å²) in [6, 6.07) is 16.5. The number of anilines is 3. The minimum atomic E-state index is -0.564. The quantitative estimate of drug-likeness (QED) is 0.482. The molecular formula is C23H21N7O2. The van der Waals surface area contributed by atoms with E-state index in [2.05, 4.69) is 31.8 Å². The van der Waals surface area contributed by atoms with Crippen molar-refractivity contribution in [3.8, 4) is 17.3 Å². The van der Waals surface area contributed by atoms with Gasteiger partial charge in [-0.2, -0.15) is 10.2 Å². The van der Waals surface area contributed by atoms with Crippen LogP contribution in [0.1, 0.15) is 26.3 Å². The van der Waals surface area contributed by atoms with Crippen molar-refractivity contribution < 1.29 is 9.53 Å². The number of hydrogen-bond acceptors (Lipinski definition) is 7. The van der Waals surface area contributed by atoms with Gasteiger partial charge in [0.1, 0.15) is 11.7 Å². The predicted octanol–water partition coefficient (Wildman–Crippen LogP) is 4.75. The summed E-state index contributed by atoms with van der Waals surface area (Å²) in [5.41, 5.74) is 3.29. The summed E-state index contributed by atoms with van der Waals surface area (Å²) < 4.78 is 6.88. The zero-order valence-corrected chi connectivity index (χ0v) is 17.8. The SMILES string of the molecule is CC(C)(C)OC(=O)Nc1ccc(-c2cn3nc(Nc4ccccc4C#N)nc3cn2)cc1. The van der Waals surface area contributed by atoms with Crippen molar-refractivity contribution in [1.82, 2.24) is 19.6 Å². The maximum absolute atomic E-state index is 11.9. The Bertz CT molecular complexity index is 1310. The molecule has 9 nitrogen and oxygen atoms in total. The number of amides is 1. The van der Waals surface area contributed by atoms with Crippen LogP contribution in [0.5, 0.6) is 0 Å². The van der Waals surface area contributed by atoms with Crippen LogP contribution in [0.25, 0.3) is 16.9 Å². The molecule has 0 radical (unpaired) electrons. The minimum Gasteiger partial charge on any atom is -0.444 e.